The van der Waals surface area contributed by atoms with Gasteiger partial charge in [-0.2, -0.15) is 0 Å². The molecule has 0 saturated carbocycles. The third-order valence-corrected chi connectivity index (χ3v) is 4.17. The Morgan fingerprint density at radius 1 is 1.24 bits per heavy atom. The summed E-state index contributed by atoms with van der Waals surface area (Å²) in [4.78, 5) is 4.09. The highest BCUT2D eigenvalue weighted by Crippen LogP contribution is 2.20. The minimum absolute atomic E-state index is 0.166. The Morgan fingerprint density at radius 2 is 1.95 bits per heavy atom. The van der Waals surface area contributed by atoms with Crippen LogP contribution in [0.3, 0.4) is 0 Å². The van der Waals surface area contributed by atoms with Crippen LogP contribution in [0.5, 0.6) is 5.75 Å². The minimum Gasteiger partial charge on any atom is -0.492 e. The number of nitrogens with zero attached hydrogens (tertiary/aromatic N) is 1. The molecule has 1 aromatic carbocycles. The smallest absolute Gasteiger partial charge is 0.261 e. The zero-order valence-corrected chi connectivity index (χ0v) is 12.4. The maximum absolute atomic E-state index is 12.3. The van der Waals surface area contributed by atoms with Crippen LogP contribution in [0.1, 0.15) is 5.56 Å². The number of nitrogens with one attached hydrogen (secondary N) is 1. The second-order valence-corrected chi connectivity index (χ2v) is 6.09. The van der Waals surface area contributed by atoms with Gasteiger partial charge in [0.2, 0.25) is 0 Å². The fourth-order valence-corrected chi connectivity index (χ4v) is 2.81. The third kappa shape index (κ3) is 3.93. The number of ether oxygens (including phenoxy) is 1. The van der Waals surface area contributed by atoms with Crippen LogP contribution in [0.25, 0.3) is 0 Å². The van der Waals surface area contributed by atoms with Crippen molar-refractivity contribution in [2.45, 2.75) is 11.8 Å². The highest BCUT2D eigenvalue weighted by Gasteiger charge is 2.15. The van der Waals surface area contributed by atoms with E-state index in [1.54, 1.807) is 31.3 Å². The molecule has 0 spiro atoms. The van der Waals surface area contributed by atoms with Crippen molar-refractivity contribution in [1.82, 2.24) is 4.98 Å². The van der Waals surface area contributed by atoms with Crippen molar-refractivity contribution < 1.29 is 13.2 Å². The summed E-state index contributed by atoms with van der Waals surface area (Å²) in [7, 11) is -3.63. The summed E-state index contributed by atoms with van der Waals surface area (Å²) in [5.74, 6) is 0.583. The molecule has 0 fully saturated rings. The van der Waals surface area contributed by atoms with Crippen molar-refractivity contribution in [1.29, 1.82) is 0 Å². The molecule has 0 bridgehead atoms. The highest BCUT2D eigenvalue weighted by molar-refractivity contribution is 7.92. The Balaban J connectivity index is 2.18. The second kappa shape index (κ2) is 6.55. The number of benzene rings is 1. The molecule has 0 radical (unpaired) electrons. The summed E-state index contributed by atoms with van der Waals surface area (Å²) in [6, 6.07) is 7.80. The van der Waals surface area contributed by atoms with E-state index < -0.39 is 10.0 Å². The normalized spacial score (nSPS) is 11.1. The van der Waals surface area contributed by atoms with E-state index in [1.807, 2.05) is 0 Å². The number of anilines is 1. The largest absolute Gasteiger partial charge is 0.492 e. The van der Waals surface area contributed by atoms with Gasteiger partial charge in [0.25, 0.3) is 10.0 Å². The molecule has 0 aliphatic rings. The summed E-state index contributed by atoms with van der Waals surface area (Å²) in [5.41, 5.74) is 6.60. The summed E-state index contributed by atoms with van der Waals surface area (Å²) < 4.78 is 32.4. The number of aryl methyl sites for hydroxylation is 1. The van der Waals surface area contributed by atoms with Gasteiger partial charge in [0.05, 0.1) is 10.6 Å². The van der Waals surface area contributed by atoms with Crippen LogP contribution in [0.4, 0.5) is 5.69 Å². The Labute approximate surface area is 124 Å². The van der Waals surface area contributed by atoms with E-state index in [9.17, 15) is 8.42 Å². The van der Waals surface area contributed by atoms with Gasteiger partial charge in [-0.3, -0.25) is 9.71 Å². The first-order valence-electron chi connectivity index (χ1n) is 6.39. The van der Waals surface area contributed by atoms with E-state index in [0.717, 1.165) is 5.56 Å². The lowest BCUT2D eigenvalue weighted by molar-refractivity contribution is 0.328. The molecule has 1 aromatic heterocycles. The predicted octanol–water partition coefficient (Wildman–Crippen LogP) is 1.53. The van der Waals surface area contributed by atoms with E-state index in [0.29, 0.717) is 24.6 Å². The molecule has 1 heterocycles. The zero-order valence-electron chi connectivity index (χ0n) is 11.6. The van der Waals surface area contributed by atoms with Crippen LogP contribution < -0.4 is 15.2 Å². The molecule has 0 atom stereocenters. The van der Waals surface area contributed by atoms with E-state index in [4.69, 9.17) is 10.5 Å². The average Bonchev–Trinajstić information content (AvgIpc) is 2.48. The van der Waals surface area contributed by atoms with E-state index in [2.05, 4.69) is 9.71 Å². The quantitative estimate of drug-likeness (QED) is 0.844. The first kappa shape index (κ1) is 15.3. The number of nitrogens with two attached hydrogens (primary N) is 1. The average molecular weight is 307 g/mol. The predicted molar refractivity (Wildman–Crippen MR) is 80.8 cm³/mol. The number of hydrogen-bond acceptors (Lipinski definition) is 5. The molecule has 2 rings (SSSR count). The first-order valence-corrected chi connectivity index (χ1v) is 7.87. The lowest BCUT2D eigenvalue weighted by Gasteiger charge is -2.10. The van der Waals surface area contributed by atoms with Gasteiger partial charge < -0.3 is 10.5 Å². The van der Waals surface area contributed by atoms with Crippen molar-refractivity contribution >= 4 is 15.7 Å². The Hall–Kier alpha value is -2.12. The van der Waals surface area contributed by atoms with Crippen molar-refractivity contribution in [3.8, 4) is 5.75 Å². The summed E-state index contributed by atoms with van der Waals surface area (Å²) in [6.45, 7) is 2.58. The first-order chi connectivity index (χ1) is 10.0. The van der Waals surface area contributed by atoms with Crippen LogP contribution in [-0.4, -0.2) is 26.6 Å². The van der Waals surface area contributed by atoms with E-state index in [1.165, 1.54) is 18.3 Å². The van der Waals surface area contributed by atoms with Gasteiger partial charge in [-0.05, 0) is 42.8 Å². The van der Waals surface area contributed by atoms with E-state index >= 15 is 0 Å². The highest BCUT2D eigenvalue weighted by atomic mass is 32.2. The molecular weight excluding hydrogens is 290 g/mol. The van der Waals surface area contributed by atoms with Gasteiger partial charge in [0, 0.05) is 18.9 Å². The maximum atomic E-state index is 12.3. The molecule has 21 heavy (non-hydrogen) atoms. The molecule has 6 nitrogen and oxygen atoms in total. The molecule has 7 heteroatoms. The minimum atomic E-state index is -3.63. The van der Waals surface area contributed by atoms with Gasteiger partial charge in [0.1, 0.15) is 12.4 Å². The van der Waals surface area contributed by atoms with Gasteiger partial charge in [0.15, 0.2) is 0 Å². The lowest BCUT2D eigenvalue weighted by atomic mass is 10.3. The van der Waals surface area contributed by atoms with Gasteiger partial charge in [-0.1, -0.05) is 0 Å². The van der Waals surface area contributed by atoms with Gasteiger partial charge >= 0.3 is 0 Å². The third-order valence-electron chi connectivity index (χ3n) is 2.79. The number of hydrogen-bond donors (Lipinski definition) is 2. The Morgan fingerprint density at radius 3 is 2.57 bits per heavy atom. The molecule has 0 aliphatic carbocycles. The fourth-order valence-electron chi connectivity index (χ4n) is 1.68. The molecule has 0 saturated heterocycles. The van der Waals surface area contributed by atoms with Crippen LogP contribution in [-0.2, 0) is 10.0 Å². The summed E-state index contributed by atoms with van der Waals surface area (Å²) in [6.07, 6.45) is 3.14. The van der Waals surface area contributed by atoms with Gasteiger partial charge in [-0.25, -0.2) is 8.42 Å². The number of sulfonamides is 1. The van der Waals surface area contributed by atoms with Crippen LogP contribution in [0.2, 0.25) is 0 Å². The lowest BCUT2D eigenvalue weighted by Crippen LogP contribution is -2.14. The second-order valence-electron chi connectivity index (χ2n) is 4.40. The molecule has 0 aliphatic heterocycles. The molecule has 0 amide bonds. The molecular formula is C14H17N3O3S. The zero-order chi connectivity index (χ0) is 15.3. The van der Waals surface area contributed by atoms with Crippen molar-refractivity contribution in [3.63, 3.8) is 0 Å². The number of pyridine rings is 1. The monoisotopic (exact) mass is 307 g/mol. The molecule has 3 N–H and O–H groups in total. The summed E-state index contributed by atoms with van der Waals surface area (Å²) >= 11 is 0. The van der Waals surface area contributed by atoms with Crippen molar-refractivity contribution in [2.75, 3.05) is 17.9 Å². The molecule has 2 aromatic rings. The number of aromatic nitrogens is 1. The van der Waals surface area contributed by atoms with Crippen LogP contribution in [0, 0.1) is 6.92 Å². The van der Waals surface area contributed by atoms with Gasteiger partial charge in [-0.15, -0.1) is 0 Å². The SMILES string of the molecule is Cc1cnccc1NS(=O)(=O)c1ccc(OCCN)cc1. The summed E-state index contributed by atoms with van der Waals surface area (Å²) in [5, 5.41) is 0. The van der Waals surface area contributed by atoms with E-state index in [-0.39, 0.29) is 4.90 Å². The fraction of sp³-hybridized carbons (Fsp3) is 0.214. The number of rotatable bonds is 6. The maximum Gasteiger partial charge on any atom is 0.261 e. The molecule has 0 unspecified atom stereocenters. The molecule has 112 valence electrons. The Kier molecular flexibility index (Phi) is 4.77. The van der Waals surface area contributed by atoms with Crippen molar-refractivity contribution in [3.05, 3.63) is 48.3 Å². The topological polar surface area (TPSA) is 94.3 Å². The van der Waals surface area contributed by atoms with Crippen LogP contribution >= 0.6 is 0 Å². The van der Waals surface area contributed by atoms with Crippen LogP contribution in [0.15, 0.2) is 47.6 Å². The Bertz CT molecular complexity index is 700. The standard InChI is InChI=1S/C14H17N3O3S/c1-11-10-16-8-6-14(11)17-21(18,19)13-4-2-12(3-5-13)20-9-7-15/h2-6,8,10H,7,9,15H2,1H3,(H,16,17). The van der Waals surface area contributed by atoms with Crippen molar-refractivity contribution in [2.24, 2.45) is 5.73 Å².